The Bertz CT molecular complexity index is 804. The van der Waals surface area contributed by atoms with Crippen LogP contribution in [0.4, 0.5) is 0 Å². The fraction of sp³-hybridized carbons (Fsp3) is 1.00. The summed E-state index contributed by atoms with van der Waals surface area (Å²) in [5, 5.41) is 0. The number of rotatable bonds is 56. The lowest BCUT2D eigenvalue weighted by Crippen LogP contribution is -2.24. The van der Waals surface area contributed by atoms with Gasteiger partial charge < -0.3 is 4.89 Å². The van der Waals surface area contributed by atoms with E-state index in [1.165, 1.54) is 289 Å². The second kappa shape index (κ2) is 53.7. The van der Waals surface area contributed by atoms with E-state index >= 15 is 0 Å². The monoisotopic (exact) mass is 896 g/mol. The second-order valence-electron chi connectivity index (χ2n) is 20.2. The SMILES string of the molecule is CCCCCCCCCCCCCCCCCCCCCCCCCN(CCCCCCCCCCCCCCCCCCCCCCCCC)P(=O)(O)OCCCCCCC. The van der Waals surface area contributed by atoms with Crippen molar-refractivity contribution in [2.45, 2.75) is 348 Å². The number of nitrogens with zero attached hydrogens (tertiary/aromatic N) is 1. The van der Waals surface area contributed by atoms with Gasteiger partial charge in [-0.2, -0.15) is 0 Å². The molecule has 62 heavy (non-hydrogen) atoms. The lowest BCUT2D eigenvalue weighted by molar-refractivity contribution is 0.194. The van der Waals surface area contributed by atoms with Crippen molar-refractivity contribution >= 4 is 7.75 Å². The molecule has 0 radical (unpaired) electrons. The molecule has 0 aromatic heterocycles. The van der Waals surface area contributed by atoms with Crippen molar-refractivity contribution in [1.29, 1.82) is 0 Å². The largest absolute Gasteiger partial charge is 0.405 e. The summed E-state index contributed by atoms with van der Waals surface area (Å²) in [6.45, 7) is 8.63. The van der Waals surface area contributed by atoms with E-state index in [2.05, 4.69) is 20.8 Å². The molecule has 0 rings (SSSR count). The van der Waals surface area contributed by atoms with Gasteiger partial charge in [-0.05, 0) is 19.3 Å². The van der Waals surface area contributed by atoms with E-state index in [1.54, 1.807) is 0 Å². The highest BCUT2D eigenvalue weighted by Crippen LogP contribution is 2.47. The molecule has 0 aliphatic heterocycles. The Morgan fingerprint density at radius 2 is 0.435 bits per heavy atom. The lowest BCUT2D eigenvalue weighted by atomic mass is 10.0. The van der Waals surface area contributed by atoms with Gasteiger partial charge in [-0.15, -0.1) is 0 Å². The van der Waals surface area contributed by atoms with Crippen molar-refractivity contribution in [1.82, 2.24) is 4.67 Å². The first-order chi connectivity index (χ1) is 30.6. The van der Waals surface area contributed by atoms with E-state index in [4.69, 9.17) is 4.52 Å². The molecule has 0 aliphatic carbocycles. The summed E-state index contributed by atoms with van der Waals surface area (Å²) < 4.78 is 20.9. The van der Waals surface area contributed by atoms with Gasteiger partial charge in [-0.1, -0.05) is 329 Å². The highest BCUT2D eigenvalue weighted by atomic mass is 31.2. The topological polar surface area (TPSA) is 49.8 Å². The fourth-order valence-corrected chi connectivity index (χ4v) is 10.8. The van der Waals surface area contributed by atoms with Crippen LogP contribution in [0, 0.1) is 0 Å². The molecule has 0 saturated carbocycles. The molecule has 374 valence electrons. The van der Waals surface area contributed by atoms with Crippen molar-refractivity contribution in [2.24, 2.45) is 0 Å². The minimum atomic E-state index is -3.72. The van der Waals surface area contributed by atoms with E-state index in [9.17, 15) is 9.46 Å². The molecule has 0 bridgehead atoms. The maximum absolute atomic E-state index is 13.4. The Hall–Kier alpha value is 0.110. The average molecular weight is 897 g/mol. The standard InChI is InChI=1S/C57H118NO3P/c1-4-7-10-13-15-17-19-21-23-25-27-29-31-33-35-37-39-41-43-45-47-49-52-55-58(62(59,60)61-57-54-51-12-9-6-3)56-53-50-48-46-44-42-40-38-36-34-32-30-28-26-24-22-20-18-16-14-11-8-5-2/h4-57H2,1-3H3,(H,59,60). The van der Waals surface area contributed by atoms with Crippen LogP contribution in [0.25, 0.3) is 0 Å². The molecule has 5 heteroatoms. The molecule has 0 spiro atoms. The summed E-state index contributed by atoms with van der Waals surface area (Å²) in [6.07, 6.45) is 69.5. The van der Waals surface area contributed by atoms with Gasteiger partial charge in [0, 0.05) is 13.1 Å². The van der Waals surface area contributed by atoms with Gasteiger partial charge in [-0.25, -0.2) is 9.24 Å². The van der Waals surface area contributed by atoms with Crippen molar-refractivity contribution < 1.29 is 14.0 Å². The van der Waals surface area contributed by atoms with E-state index in [0.29, 0.717) is 19.7 Å². The van der Waals surface area contributed by atoms with E-state index in [-0.39, 0.29) is 0 Å². The van der Waals surface area contributed by atoms with Gasteiger partial charge in [0.25, 0.3) is 0 Å². The second-order valence-corrected chi connectivity index (χ2v) is 22.1. The Labute approximate surface area is 392 Å². The number of hydrogen-bond acceptors (Lipinski definition) is 2. The first-order valence-corrected chi connectivity index (χ1v) is 30.8. The van der Waals surface area contributed by atoms with Gasteiger partial charge in [0.2, 0.25) is 0 Å². The molecule has 0 amide bonds. The molecule has 0 aliphatic rings. The summed E-state index contributed by atoms with van der Waals surface area (Å²) in [4.78, 5) is 11.0. The average Bonchev–Trinajstić information content (AvgIpc) is 3.27. The van der Waals surface area contributed by atoms with Crippen molar-refractivity contribution in [3.63, 3.8) is 0 Å². The fourth-order valence-electron chi connectivity index (χ4n) is 9.49. The zero-order valence-corrected chi connectivity index (χ0v) is 44.2. The number of unbranched alkanes of at least 4 members (excludes halogenated alkanes) is 48. The van der Waals surface area contributed by atoms with Gasteiger partial charge in [0.15, 0.2) is 0 Å². The quantitative estimate of drug-likeness (QED) is 0.0488. The minimum absolute atomic E-state index is 0.410. The highest BCUT2D eigenvalue weighted by Gasteiger charge is 2.28. The van der Waals surface area contributed by atoms with Crippen LogP contribution >= 0.6 is 7.75 Å². The molecule has 1 unspecified atom stereocenters. The van der Waals surface area contributed by atoms with Gasteiger partial charge in [-0.3, -0.25) is 4.52 Å². The lowest BCUT2D eigenvalue weighted by Gasteiger charge is -2.26. The van der Waals surface area contributed by atoms with Crippen LogP contribution in [0.2, 0.25) is 0 Å². The predicted molar refractivity (Wildman–Crippen MR) is 280 cm³/mol. The van der Waals surface area contributed by atoms with E-state index in [1.807, 2.05) is 4.67 Å². The summed E-state index contributed by atoms with van der Waals surface area (Å²) in [5.74, 6) is 0. The molecule has 0 heterocycles. The summed E-state index contributed by atoms with van der Waals surface area (Å²) >= 11 is 0. The maximum Gasteiger partial charge on any atom is 0.405 e. The van der Waals surface area contributed by atoms with Crippen molar-refractivity contribution in [2.75, 3.05) is 19.7 Å². The summed E-state index contributed by atoms with van der Waals surface area (Å²) in [5.41, 5.74) is 0. The Kier molecular flexibility index (Phi) is 53.8. The van der Waals surface area contributed by atoms with Crippen LogP contribution in [0.5, 0.6) is 0 Å². The van der Waals surface area contributed by atoms with E-state index < -0.39 is 7.75 Å². The zero-order valence-electron chi connectivity index (χ0n) is 43.3. The molecule has 1 atom stereocenters. The molecule has 4 nitrogen and oxygen atoms in total. The van der Waals surface area contributed by atoms with Gasteiger partial charge in [0.05, 0.1) is 6.61 Å². The third kappa shape index (κ3) is 49.5. The van der Waals surface area contributed by atoms with Crippen LogP contribution < -0.4 is 0 Å². The van der Waals surface area contributed by atoms with Crippen LogP contribution in [-0.4, -0.2) is 29.3 Å². The molecular weight excluding hydrogens is 778 g/mol. The van der Waals surface area contributed by atoms with Crippen LogP contribution in [0.15, 0.2) is 0 Å². The zero-order chi connectivity index (χ0) is 45.0. The Morgan fingerprint density at radius 1 is 0.274 bits per heavy atom. The molecule has 1 N–H and O–H groups in total. The smallest absolute Gasteiger partial charge is 0.312 e. The third-order valence-electron chi connectivity index (χ3n) is 13.9. The normalized spacial score (nSPS) is 12.9. The molecule has 0 fully saturated rings. The van der Waals surface area contributed by atoms with Crippen molar-refractivity contribution in [3.05, 3.63) is 0 Å². The highest BCUT2D eigenvalue weighted by molar-refractivity contribution is 7.50. The van der Waals surface area contributed by atoms with Crippen LogP contribution in [-0.2, 0) is 9.09 Å². The third-order valence-corrected chi connectivity index (χ3v) is 15.5. The summed E-state index contributed by atoms with van der Waals surface area (Å²) in [6, 6.07) is 0. The Morgan fingerprint density at radius 3 is 0.629 bits per heavy atom. The summed E-state index contributed by atoms with van der Waals surface area (Å²) in [7, 11) is -3.72. The number of hydrogen-bond donors (Lipinski definition) is 1. The Balaban J connectivity index is 3.88. The van der Waals surface area contributed by atoms with Gasteiger partial charge in [0.1, 0.15) is 0 Å². The van der Waals surface area contributed by atoms with Crippen LogP contribution in [0.3, 0.4) is 0 Å². The van der Waals surface area contributed by atoms with Crippen molar-refractivity contribution in [3.8, 4) is 0 Å². The molecule has 0 aromatic carbocycles. The molecule has 0 aromatic rings. The van der Waals surface area contributed by atoms with E-state index in [0.717, 1.165) is 38.5 Å². The first-order valence-electron chi connectivity index (χ1n) is 29.3. The van der Waals surface area contributed by atoms with Gasteiger partial charge >= 0.3 is 7.75 Å². The molecular formula is C57H118NO3P. The first kappa shape index (κ1) is 62.1. The molecule has 0 saturated heterocycles. The van der Waals surface area contributed by atoms with Crippen LogP contribution in [0.1, 0.15) is 348 Å². The maximum atomic E-state index is 13.4. The minimum Gasteiger partial charge on any atom is -0.312 e. The predicted octanol–water partition coefficient (Wildman–Crippen LogP) is 21.4.